The maximum Gasteiger partial charge on any atom is 0.141 e. The Hall–Kier alpha value is -0.670. The maximum absolute atomic E-state index is 6.17. The van der Waals surface area contributed by atoms with Gasteiger partial charge in [-0.25, -0.2) is 9.97 Å². The van der Waals surface area contributed by atoms with E-state index in [9.17, 15) is 0 Å². The largest absolute Gasteiger partial charge is 0.222 e. The van der Waals surface area contributed by atoms with Crippen LogP contribution in [0.15, 0.2) is 11.4 Å². The van der Waals surface area contributed by atoms with Crippen molar-refractivity contribution in [2.45, 2.75) is 32.1 Å². The van der Waals surface area contributed by atoms with Crippen molar-refractivity contribution in [1.82, 2.24) is 9.97 Å². The Morgan fingerprint density at radius 2 is 2.25 bits per heavy atom. The Morgan fingerprint density at radius 1 is 1.38 bits per heavy atom. The maximum atomic E-state index is 6.17. The fourth-order valence-electron chi connectivity index (χ4n) is 2.46. The predicted octanol–water partition coefficient (Wildman–Crippen LogP) is 4.25. The van der Waals surface area contributed by atoms with Gasteiger partial charge in [-0.05, 0) is 36.6 Å². The van der Waals surface area contributed by atoms with Crippen molar-refractivity contribution in [3.63, 3.8) is 0 Å². The average Bonchev–Trinajstić information content (AvgIpc) is 2.85. The SMILES string of the molecule is CC1CCC(c2nc(Cl)c3ccsc3n2)C1. The summed E-state index contributed by atoms with van der Waals surface area (Å²) in [6, 6.07) is 1.99. The fourth-order valence-corrected chi connectivity index (χ4v) is 3.52. The zero-order chi connectivity index (χ0) is 11.1. The molecule has 2 aromatic rings. The van der Waals surface area contributed by atoms with E-state index in [4.69, 9.17) is 11.6 Å². The van der Waals surface area contributed by atoms with Crippen molar-refractivity contribution in [2.24, 2.45) is 5.92 Å². The average molecular weight is 253 g/mol. The quantitative estimate of drug-likeness (QED) is 0.709. The van der Waals surface area contributed by atoms with E-state index in [1.165, 1.54) is 19.3 Å². The van der Waals surface area contributed by atoms with Crippen LogP contribution in [0.25, 0.3) is 10.2 Å². The second-order valence-corrected chi connectivity index (χ2v) is 5.88. The molecule has 0 saturated heterocycles. The lowest BCUT2D eigenvalue weighted by Gasteiger charge is -2.08. The first-order valence-corrected chi connectivity index (χ1v) is 6.90. The molecule has 1 aliphatic rings. The topological polar surface area (TPSA) is 25.8 Å². The van der Waals surface area contributed by atoms with Crippen LogP contribution in [-0.2, 0) is 0 Å². The molecule has 16 heavy (non-hydrogen) atoms. The molecule has 1 fully saturated rings. The third kappa shape index (κ3) is 1.72. The smallest absolute Gasteiger partial charge is 0.141 e. The number of fused-ring (bicyclic) bond motifs is 1. The highest BCUT2D eigenvalue weighted by Crippen LogP contribution is 2.38. The predicted molar refractivity (Wildman–Crippen MR) is 68.2 cm³/mol. The van der Waals surface area contributed by atoms with Crippen molar-refractivity contribution in [3.8, 4) is 0 Å². The van der Waals surface area contributed by atoms with Crippen molar-refractivity contribution >= 4 is 33.2 Å². The first-order valence-electron chi connectivity index (χ1n) is 5.64. The lowest BCUT2D eigenvalue weighted by atomic mass is 10.1. The Bertz CT molecular complexity index is 523. The van der Waals surface area contributed by atoms with Crippen LogP contribution in [-0.4, -0.2) is 9.97 Å². The number of hydrogen-bond donors (Lipinski definition) is 0. The molecule has 1 aliphatic carbocycles. The van der Waals surface area contributed by atoms with Gasteiger partial charge in [0.05, 0.1) is 0 Å². The molecule has 4 heteroatoms. The highest BCUT2D eigenvalue weighted by Gasteiger charge is 2.25. The van der Waals surface area contributed by atoms with E-state index < -0.39 is 0 Å². The Morgan fingerprint density at radius 3 is 3.00 bits per heavy atom. The third-order valence-corrected chi connectivity index (χ3v) is 4.45. The second-order valence-electron chi connectivity index (χ2n) is 4.63. The summed E-state index contributed by atoms with van der Waals surface area (Å²) >= 11 is 7.81. The number of nitrogens with zero attached hydrogens (tertiary/aromatic N) is 2. The molecule has 0 amide bonds. The van der Waals surface area contributed by atoms with E-state index in [-0.39, 0.29) is 0 Å². The monoisotopic (exact) mass is 252 g/mol. The molecule has 84 valence electrons. The van der Waals surface area contributed by atoms with Gasteiger partial charge in [0.2, 0.25) is 0 Å². The van der Waals surface area contributed by atoms with Gasteiger partial charge >= 0.3 is 0 Å². The summed E-state index contributed by atoms with van der Waals surface area (Å²) in [4.78, 5) is 10.1. The van der Waals surface area contributed by atoms with Crippen LogP contribution in [0.4, 0.5) is 0 Å². The third-order valence-electron chi connectivity index (χ3n) is 3.36. The molecule has 2 heterocycles. The number of halogens is 1. The minimum absolute atomic E-state index is 0.513. The molecule has 0 aromatic carbocycles. The number of hydrogen-bond acceptors (Lipinski definition) is 3. The van der Waals surface area contributed by atoms with Gasteiger partial charge in [0, 0.05) is 11.3 Å². The van der Waals surface area contributed by atoms with Gasteiger partial charge < -0.3 is 0 Å². The van der Waals surface area contributed by atoms with E-state index in [2.05, 4.69) is 16.9 Å². The molecular formula is C12H13ClN2S. The van der Waals surface area contributed by atoms with Gasteiger partial charge in [-0.2, -0.15) is 0 Å². The lowest BCUT2D eigenvalue weighted by molar-refractivity contribution is 0.586. The van der Waals surface area contributed by atoms with E-state index in [1.54, 1.807) is 11.3 Å². The summed E-state index contributed by atoms with van der Waals surface area (Å²) in [5, 5.41) is 3.62. The number of aromatic nitrogens is 2. The lowest BCUT2D eigenvalue weighted by Crippen LogP contribution is -2.01. The molecule has 0 N–H and O–H groups in total. The zero-order valence-electron chi connectivity index (χ0n) is 9.11. The molecule has 1 saturated carbocycles. The number of thiophene rings is 1. The highest BCUT2D eigenvalue weighted by atomic mass is 35.5. The van der Waals surface area contributed by atoms with Crippen molar-refractivity contribution in [2.75, 3.05) is 0 Å². The van der Waals surface area contributed by atoms with Crippen LogP contribution < -0.4 is 0 Å². The number of rotatable bonds is 1. The summed E-state index contributed by atoms with van der Waals surface area (Å²) in [5.74, 6) is 2.26. The first kappa shape index (κ1) is 10.5. The van der Waals surface area contributed by atoms with Crippen LogP contribution in [0.3, 0.4) is 0 Å². The second kappa shape index (κ2) is 3.97. The summed E-state index contributed by atoms with van der Waals surface area (Å²) in [6.07, 6.45) is 3.69. The molecule has 0 radical (unpaired) electrons. The van der Waals surface area contributed by atoms with Crippen LogP contribution in [0.1, 0.15) is 37.9 Å². The molecular weight excluding hydrogens is 240 g/mol. The summed E-state index contributed by atoms with van der Waals surface area (Å²) in [7, 11) is 0. The highest BCUT2D eigenvalue weighted by molar-refractivity contribution is 7.16. The van der Waals surface area contributed by atoms with Crippen LogP contribution in [0, 0.1) is 5.92 Å². The Kier molecular flexibility index (Phi) is 2.60. The van der Waals surface area contributed by atoms with Gasteiger partial charge in [0.1, 0.15) is 15.8 Å². The molecule has 3 rings (SSSR count). The summed E-state index contributed by atoms with van der Waals surface area (Å²) < 4.78 is 0. The Labute approximate surface area is 104 Å². The molecule has 0 spiro atoms. The van der Waals surface area contributed by atoms with E-state index >= 15 is 0 Å². The molecule has 2 atom stereocenters. The van der Waals surface area contributed by atoms with Gasteiger partial charge in [0.25, 0.3) is 0 Å². The standard InChI is InChI=1S/C12H13ClN2S/c1-7-2-3-8(6-7)11-14-10(13)9-4-5-16-12(9)15-11/h4-5,7-8H,2-3,6H2,1H3. The first-order chi connectivity index (χ1) is 7.74. The Balaban J connectivity index is 2.04. The van der Waals surface area contributed by atoms with Crippen LogP contribution in [0.5, 0.6) is 0 Å². The molecule has 2 nitrogen and oxygen atoms in total. The van der Waals surface area contributed by atoms with Gasteiger partial charge in [0.15, 0.2) is 0 Å². The van der Waals surface area contributed by atoms with E-state index in [0.29, 0.717) is 11.1 Å². The minimum atomic E-state index is 0.513. The van der Waals surface area contributed by atoms with Gasteiger partial charge in [-0.15, -0.1) is 11.3 Å². The van der Waals surface area contributed by atoms with Crippen molar-refractivity contribution < 1.29 is 0 Å². The van der Waals surface area contributed by atoms with E-state index in [1.807, 2.05) is 11.4 Å². The molecule has 2 unspecified atom stereocenters. The van der Waals surface area contributed by atoms with Crippen molar-refractivity contribution in [1.29, 1.82) is 0 Å². The summed E-state index contributed by atoms with van der Waals surface area (Å²) in [6.45, 7) is 2.30. The fraction of sp³-hybridized carbons (Fsp3) is 0.500. The van der Waals surface area contributed by atoms with E-state index in [0.717, 1.165) is 22.0 Å². The zero-order valence-corrected chi connectivity index (χ0v) is 10.7. The van der Waals surface area contributed by atoms with Gasteiger partial charge in [-0.3, -0.25) is 0 Å². The van der Waals surface area contributed by atoms with Crippen LogP contribution in [0.2, 0.25) is 5.15 Å². The molecule has 2 aromatic heterocycles. The summed E-state index contributed by atoms with van der Waals surface area (Å²) in [5.41, 5.74) is 0. The van der Waals surface area contributed by atoms with Gasteiger partial charge in [-0.1, -0.05) is 18.5 Å². The van der Waals surface area contributed by atoms with Crippen molar-refractivity contribution in [3.05, 3.63) is 22.4 Å². The molecule has 0 bridgehead atoms. The normalized spacial score (nSPS) is 25.4. The van der Waals surface area contributed by atoms with Crippen LogP contribution >= 0.6 is 22.9 Å². The minimum Gasteiger partial charge on any atom is -0.222 e. The molecule has 0 aliphatic heterocycles.